The molecule has 0 aromatic heterocycles. The number of benzene rings is 2. The Balaban J connectivity index is 1.93. The number of aryl methyl sites for hydroxylation is 1. The molecule has 3 rings (SSSR count). The molecule has 31 heavy (non-hydrogen) atoms. The van der Waals surface area contributed by atoms with Crippen molar-refractivity contribution in [3.8, 4) is 5.75 Å². The second-order valence-corrected chi connectivity index (χ2v) is 7.34. The van der Waals surface area contributed by atoms with E-state index in [1.165, 1.54) is 35.4 Å². The summed E-state index contributed by atoms with van der Waals surface area (Å²) in [6, 6.07) is 7.74. The van der Waals surface area contributed by atoms with Crippen LogP contribution in [-0.2, 0) is 4.79 Å². The first-order valence-electron chi connectivity index (χ1n) is 9.73. The fourth-order valence-electron chi connectivity index (χ4n) is 3.18. The van der Waals surface area contributed by atoms with Gasteiger partial charge in [0.15, 0.2) is 0 Å². The molecule has 1 aliphatic heterocycles. The number of anilines is 1. The highest BCUT2D eigenvalue weighted by atomic mass is 35.5. The number of halogens is 2. The summed E-state index contributed by atoms with van der Waals surface area (Å²) in [4.78, 5) is 26.9. The maximum Gasteiger partial charge on any atom is 0.322 e. The molecule has 3 amide bonds. The number of nitrogens with one attached hydrogen (secondary N) is 2. The van der Waals surface area contributed by atoms with E-state index in [1.54, 1.807) is 26.0 Å². The molecule has 0 bridgehead atoms. The zero-order valence-electron chi connectivity index (χ0n) is 17.1. The minimum Gasteiger partial charge on any atom is -0.490 e. The minimum absolute atomic E-state index is 0.0610. The number of urea groups is 1. The molecule has 1 atom stereocenters. The second kappa shape index (κ2) is 9.80. The van der Waals surface area contributed by atoms with Crippen LogP contribution < -0.4 is 15.4 Å². The molecule has 1 heterocycles. The van der Waals surface area contributed by atoms with Crippen LogP contribution in [0.1, 0.15) is 24.1 Å². The number of hydrogen-bond acceptors (Lipinski definition) is 4. The van der Waals surface area contributed by atoms with E-state index >= 15 is 0 Å². The Bertz CT molecular complexity index is 1010. The molecule has 164 valence electrons. The molecule has 2 aromatic rings. The van der Waals surface area contributed by atoms with Crippen LogP contribution >= 0.6 is 11.6 Å². The van der Waals surface area contributed by atoms with Crippen LogP contribution in [0.15, 0.2) is 48.2 Å². The minimum atomic E-state index is -0.742. The van der Waals surface area contributed by atoms with E-state index in [1.807, 2.05) is 0 Å². The van der Waals surface area contributed by atoms with Crippen molar-refractivity contribution in [3.63, 3.8) is 0 Å². The molecule has 7 nitrogen and oxygen atoms in total. The summed E-state index contributed by atoms with van der Waals surface area (Å²) in [5, 5.41) is 15.0. The van der Waals surface area contributed by atoms with Gasteiger partial charge < -0.3 is 25.4 Å². The van der Waals surface area contributed by atoms with Crippen molar-refractivity contribution in [3.05, 3.63) is 70.1 Å². The number of carbonyl (C=O) groups excluding carboxylic acids is 2. The largest absolute Gasteiger partial charge is 0.490 e. The molecule has 0 spiro atoms. The lowest BCUT2D eigenvalue weighted by Crippen LogP contribution is -2.45. The summed E-state index contributed by atoms with van der Waals surface area (Å²) >= 11 is 6.18. The predicted octanol–water partition coefficient (Wildman–Crippen LogP) is 3.77. The highest BCUT2D eigenvalue weighted by molar-refractivity contribution is 6.32. The van der Waals surface area contributed by atoms with Gasteiger partial charge in [-0.3, -0.25) is 4.79 Å². The molecule has 1 unspecified atom stereocenters. The Kier molecular flexibility index (Phi) is 7.14. The highest BCUT2D eigenvalue weighted by Gasteiger charge is 2.31. The standard InChI is InChI=1S/C22H23ClFN3O4/c1-3-27-12-16(20(26-22(27)30)14-4-6-15(24)7-5-14)21(29)25-18-11-19(31-9-8-28)17(23)10-13(18)2/h4-7,10-12,20,28H,3,8-9H2,1-2H3,(H,25,29)(H,26,30). The van der Waals surface area contributed by atoms with E-state index in [9.17, 15) is 14.0 Å². The van der Waals surface area contributed by atoms with Crippen molar-refractivity contribution in [2.45, 2.75) is 19.9 Å². The predicted molar refractivity (Wildman–Crippen MR) is 116 cm³/mol. The second-order valence-electron chi connectivity index (χ2n) is 6.93. The van der Waals surface area contributed by atoms with E-state index < -0.39 is 17.8 Å². The number of aliphatic hydroxyl groups excluding tert-OH is 1. The summed E-state index contributed by atoms with van der Waals surface area (Å²) in [6.07, 6.45) is 1.50. The first-order valence-corrected chi connectivity index (χ1v) is 10.1. The zero-order chi connectivity index (χ0) is 22.5. The summed E-state index contributed by atoms with van der Waals surface area (Å²) < 4.78 is 18.8. The third-order valence-corrected chi connectivity index (χ3v) is 5.11. The number of rotatable bonds is 7. The number of carbonyl (C=O) groups is 2. The van der Waals surface area contributed by atoms with E-state index in [0.29, 0.717) is 39.7 Å². The van der Waals surface area contributed by atoms with Crippen molar-refractivity contribution in [2.75, 3.05) is 25.1 Å². The van der Waals surface area contributed by atoms with Crippen molar-refractivity contribution < 1.29 is 23.8 Å². The van der Waals surface area contributed by atoms with Crippen molar-refractivity contribution in [1.82, 2.24) is 10.2 Å². The average molecular weight is 448 g/mol. The van der Waals surface area contributed by atoms with Gasteiger partial charge >= 0.3 is 6.03 Å². The first kappa shape index (κ1) is 22.6. The quantitative estimate of drug-likeness (QED) is 0.602. The lowest BCUT2D eigenvalue weighted by atomic mass is 9.97. The van der Waals surface area contributed by atoms with E-state index in [2.05, 4.69) is 10.6 Å². The molecule has 9 heteroatoms. The van der Waals surface area contributed by atoms with Crippen molar-refractivity contribution in [1.29, 1.82) is 0 Å². The smallest absolute Gasteiger partial charge is 0.322 e. The maximum absolute atomic E-state index is 13.4. The van der Waals surface area contributed by atoms with Gasteiger partial charge in [0, 0.05) is 24.5 Å². The first-order chi connectivity index (χ1) is 14.8. The Morgan fingerprint density at radius 2 is 2.03 bits per heavy atom. The van der Waals surface area contributed by atoms with E-state index in [-0.39, 0.29) is 19.2 Å². The molecule has 0 fully saturated rings. The molecule has 0 saturated carbocycles. The Morgan fingerprint density at radius 3 is 2.68 bits per heavy atom. The van der Waals surface area contributed by atoms with E-state index in [0.717, 1.165) is 0 Å². The fourth-order valence-corrected chi connectivity index (χ4v) is 3.45. The topological polar surface area (TPSA) is 90.9 Å². The number of aliphatic hydroxyl groups is 1. The summed E-state index contributed by atoms with van der Waals surface area (Å²) in [5.74, 6) is -0.526. The van der Waals surface area contributed by atoms with Gasteiger partial charge in [-0.2, -0.15) is 0 Å². The molecule has 0 saturated heterocycles. The number of ether oxygens (including phenoxy) is 1. The number of hydrogen-bond donors (Lipinski definition) is 3. The van der Waals surface area contributed by atoms with Crippen LogP contribution in [0.5, 0.6) is 5.75 Å². The van der Waals surface area contributed by atoms with Crippen LogP contribution in [0.25, 0.3) is 0 Å². The lowest BCUT2D eigenvalue weighted by Gasteiger charge is -2.31. The van der Waals surface area contributed by atoms with Crippen LogP contribution in [0.3, 0.4) is 0 Å². The van der Waals surface area contributed by atoms with Crippen LogP contribution in [-0.4, -0.2) is 41.7 Å². The van der Waals surface area contributed by atoms with Crippen molar-refractivity contribution >= 4 is 29.2 Å². The lowest BCUT2D eigenvalue weighted by molar-refractivity contribution is -0.113. The van der Waals surface area contributed by atoms with Gasteiger partial charge in [0.25, 0.3) is 5.91 Å². The number of nitrogens with zero attached hydrogens (tertiary/aromatic N) is 1. The van der Waals surface area contributed by atoms with Gasteiger partial charge in [0.1, 0.15) is 18.2 Å². The van der Waals surface area contributed by atoms with Gasteiger partial charge in [-0.05, 0) is 43.2 Å². The molecular formula is C22H23ClFN3O4. The maximum atomic E-state index is 13.4. The summed E-state index contributed by atoms with van der Waals surface area (Å²) in [6.45, 7) is 3.83. The Morgan fingerprint density at radius 1 is 1.32 bits per heavy atom. The molecule has 0 aliphatic carbocycles. The third kappa shape index (κ3) is 5.15. The average Bonchev–Trinajstić information content (AvgIpc) is 2.75. The van der Waals surface area contributed by atoms with Gasteiger partial charge in [-0.25, -0.2) is 9.18 Å². The molecule has 1 aliphatic rings. The normalized spacial score (nSPS) is 15.9. The Hall–Kier alpha value is -3.10. The molecular weight excluding hydrogens is 425 g/mol. The van der Waals surface area contributed by atoms with Gasteiger partial charge in [0.2, 0.25) is 0 Å². The summed E-state index contributed by atoms with van der Waals surface area (Å²) in [7, 11) is 0. The van der Waals surface area contributed by atoms with Gasteiger partial charge in [0.05, 0.1) is 23.2 Å². The number of amides is 3. The van der Waals surface area contributed by atoms with Gasteiger partial charge in [-0.15, -0.1) is 0 Å². The monoisotopic (exact) mass is 447 g/mol. The van der Waals surface area contributed by atoms with E-state index in [4.69, 9.17) is 21.4 Å². The molecule has 0 radical (unpaired) electrons. The zero-order valence-corrected chi connectivity index (χ0v) is 17.9. The molecule has 3 N–H and O–H groups in total. The highest BCUT2D eigenvalue weighted by Crippen LogP contribution is 2.33. The fraction of sp³-hybridized carbons (Fsp3) is 0.273. The molecule has 2 aromatic carbocycles. The van der Waals surface area contributed by atoms with Crippen LogP contribution in [0.2, 0.25) is 5.02 Å². The van der Waals surface area contributed by atoms with Gasteiger partial charge in [-0.1, -0.05) is 23.7 Å². The SMILES string of the molecule is CCN1C=C(C(=O)Nc2cc(OCCO)c(Cl)cc2C)C(c2ccc(F)cc2)NC1=O. The Labute approximate surface area is 184 Å². The van der Waals surface area contributed by atoms with Crippen molar-refractivity contribution in [2.24, 2.45) is 0 Å². The summed E-state index contributed by atoms with van der Waals surface area (Å²) in [5.41, 5.74) is 2.05. The van der Waals surface area contributed by atoms with Crippen LogP contribution in [0, 0.1) is 12.7 Å². The van der Waals surface area contributed by atoms with Crippen LogP contribution in [0.4, 0.5) is 14.9 Å². The third-order valence-electron chi connectivity index (χ3n) is 4.82.